The molecule has 20 nitrogen and oxygen atoms in total. The molecule has 3 heterocycles. The summed E-state index contributed by atoms with van der Waals surface area (Å²) in [5.74, 6) is -2.85. The Labute approximate surface area is 407 Å². The Bertz CT molecular complexity index is 3230. The van der Waals surface area contributed by atoms with Gasteiger partial charge in [0.2, 0.25) is 11.3 Å². The second-order valence-electron chi connectivity index (χ2n) is 16.6. The summed E-state index contributed by atoms with van der Waals surface area (Å²) in [5.41, 5.74) is 10.1. The average molecular weight is 967 g/mol. The summed E-state index contributed by atoms with van der Waals surface area (Å²) >= 11 is 0. The lowest BCUT2D eigenvalue weighted by Crippen LogP contribution is -2.41. The van der Waals surface area contributed by atoms with Gasteiger partial charge in [-0.2, -0.15) is 4.98 Å². The predicted molar refractivity (Wildman–Crippen MR) is 271 cm³/mol. The number of urea groups is 1. The van der Waals surface area contributed by atoms with E-state index in [0.29, 0.717) is 33.9 Å². The van der Waals surface area contributed by atoms with Gasteiger partial charge in [0.15, 0.2) is 11.2 Å². The summed E-state index contributed by atoms with van der Waals surface area (Å²) in [6.07, 6.45) is 1.47. The van der Waals surface area contributed by atoms with E-state index in [4.69, 9.17) is 10.2 Å². The smallest absolute Gasteiger partial charge is 0.336 e. The molecule has 7 rings (SSSR count). The van der Waals surface area contributed by atoms with Crippen LogP contribution in [0.4, 0.5) is 27.8 Å². The number of Topliss-reactive ketones (excluding diaryl/α,β-unsaturated/α-hetero) is 1. The zero-order valence-corrected chi connectivity index (χ0v) is 39.8. The Morgan fingerprint density at radius 3 is 2.30 bits per heavy atom. The molecule has 3 aromatic carbocycles. The van der Waals surface area contributed by atoms with Gasteiger partial charge < -0.3 is 46.5 Å². The number of anilines is 4. The number of nitrogen functional groups attached to an aromatic ring is 1. The fraction of sp³-hybridized carbons (Fsp3) is 0.294. The van der Waals surface area contributed by atoms with Gasteiger partial charge in [0, 0.05) is 83.7 Å². The van der Waals surface area contributed by atoms with Crippen molar-refractivity contribution >= 4 is 74.8 Å². The molecule has 0 unspecified atom stereocenters. The number of nitrogens with two attached hydrogens (primary N) is 1. The first-order valence-electron chi connectivity index (χ1n) is 23.4. The topological polar surface area (TPSA) is 291 Å². The molecule has 2 aromatic heterocycles. The molecule has 0 saturated carbocycles. The molecule has 71 heavy (non-hydrogen) atoms. The summed E-state index contributed by atoms with van der Waals surface area (Å²) in [5, 5.41) is 33.0. The van der Waals surface area contributed by atoms with Crippen molar-refractivity contribution in [2.75, 3.05) is 54.0 Å². The second kappa shape index (κ2) is 22.6. The number of benzene rings is 4. The molecule has 0 fully saturated rings. The molecule has 0 spiro atoms. The van der Waals surface area contributed by atoms with Crippen LogP contribution in [-0.2, 0) is 16.1 Å². The highest BCUT2D eigenvalue weighted by atomic mass is 16.4. The Hall–Kier alpha value is -8.68. The van der Waals surface area contributed by atoms with Crippen LogP contribution in [0, 0.1) is 0 Å². The number of carboxylic acid groups (broad SMARTS) is 2. The molecule has 1 aliphatic heterocycles. The number of aromatic carboxylic acids is 1. The maximum Gasteiger partial charge on any atom is 0.336 e. The minimum atomic E-state index is -1.33. The predicted octanol–water partition coefficient (Wildman–Crippen LogP) is 5.92. The zero-order valence-electron chi connectivity index (χ0n) is 39.8. The van der Waals surface area contributed by atoms with Gasteiger partial charge in [0.1, 0.15) is 36.3 Å². The molecule has 0 saturated heterocycles. The van der Waals surface area contributed by atoms with E-state index >= 15 is 0 Å². The maximum absolute atomic E-state index is 13.0. The van der Waals surface area contributed by atoms with Crippen LogP contribution in [0.2, 0.25) is 0 Å². The third-order valence-corrected chi connectivity index (χ3v) is 12.1. The van der Waals surface area contributed by atoms with E-state index in [-0.39, 0.29) is 78.5 Å². The van der Waals surface area contributed by atoms with Gasteiger partial charge in [-0.05, 0) is 101 Å². The van der Waals surface area contributed by atoms with Crippen LogP contribution >= 0.6 is 0 Å². The number of amides is 3. The summed E-state index contributed by atoms with van der Waals surface area (Å²) < 4.78 is 8.76. The monoisotopic (exact) mass is 966 g/mol. The third kappa shape index (κ3) is 12.0. The molecule has 5 aromatic rings. The highest BCUT2D eigenvalue weighted by Gasteiger charge is 2.25. The standard InChI is InChI=1S/C51H55N11O9/c1-5-61(6-2)33-16-20-37-41(25-33)71-42-26-34(62(7-3)8-4)17-21-38(42)43(37)36-19-15-31(24-39(36)48(66)67)57-51(70)53-23-9-10-35(63)18-22-40(49(68)69)58-46(64)29-11-13-30(14-12-29)54-27-32-28-55-45-44(56-32)47(65)60-50(52)59-45/h11-17,19-21,24-26,28,40H,5-10,18,22-23,27H2,1-4H3,(H8,52,53,54,55,58,59,60,64,65,66,67,68,69,70)/p+1/t40-/m0/s1. The number of carbonyl (C=O) groups is 5. The number of carbonyl (C=O) groups excluding carboxylic acids is 3. The lowest BCUT2D eigenvalue weighted by atomic mass is 9.90. The van der Waals surface area contributed by atoms with Crippen molar-refractivity contribution < 1.29 is 38.6 Å². The van der Waals surface area contributed by atoms with Crippen molar-refractivity contribution in [2.45, 2.75) is 66.0 Å². The summed E-state index contributed by atoms with van der Waals surface area (Å²) in [6.45, 7) is 11.8. The maximum atomic E-state index is 13.0. The number of rotatable bonds is 21. The number of hydrogen-bond donors (Lipinski definition) is 8. The number of carboxylic acids is 2. The number of aromatic nitrogens is 4. The molecule has 1 atom stereocenters. The molecule has 1 aliphatic carbocycles. The average Bonchev–Trinajstić information content (AvgIpc) is 3.36. The first-order chi connectivity index (χ1) is 34.2. The minimum Gasteiger partial charge on any atom is -0.480 e. The van der Waals surface area contributed by atoms with Gasteiger partial charge in [-0.25, -0.2) is 28.9 Å². The first kappa shape index (κ1) is 50.2. The largest absolute Gasteiger partial charge is 0.480 e. The van der Waals surface area contributed by atoms with Crippen molar-refractivity contribution in [3.8, 4) is 22.5 Å². The van der Waals surface area contributed by atoms with Crippen LogP contribution in [0.3, 0.4) is 0 Å². The molecular weight excluding hydrogens is 911 g/mol. The fourth-order valence-corrected chi connectivity index (χ4v) is 8.33. The lowest BCUT2D eigenvalue weighted by Gasteiger charge is -2.22. The number of nitrogens with zero attached hydrogens (tertiary/aromatic N) is 5. The van der Waals surface area contributed by atoms with E-state index < -0.39 is 35.5 Å². The van der Waals surface area contributed by atoms with Crippen LogP contribution in [0.15, 0.2) is 94.3 Å². The van der Waals surface area contributed by atoms with Crippen molar-refractivity contribution in [2.24, 2.45) is 0 Å². The molecule has 0 bridgehead atoms. The number of ketones is 1. The first-order valence-corrected chi connectivity index (χ1v) is 23.4. The number of H-pyrrole nitrogens is 1. The molecular formula is C51H56N11O9+. The number of aromatic amines is 1. The molecule has 20 heteroatoms. The van der Waals surface area contributed by atoms with Crippen LogP contribution in [0.25, 0.3) is 44.6 Å². The molecule has 3 amide bonds. The van der Waals surface area contributed by atoms with Gasteiger partial charge in [0.05, 0.1) is 30.1 Å². The second-order valence-corrected chi connectivity index (χ2v) is 16.6. The van der Waals surface area contributed by atoms with E-state index in [0.717, 1.165) is 48.2 Å². The number of nitrogens with one attached hydrogen (secondary N) is 5. The third-order valence-electron chi connectivity index (χ3n) is 12.1. The van der Waals surface area contributed by atoms with Gasteiger partial charge in [0.25, 0.3) is 11.5 Å². The van der Waals surface area contributed by atoms with E-state index in [9.17, 15) is 39.0 Å². The van der Waals surface area contributed by atoms with E-state index in [1.165, 1.54) is 24.4 Å². The summed E-state index contributed by atoms with van der Waals surface area (Å²) in [6, 6.07) is 20.9. The number of hydrogen-bond acceptors (Lipinski definition) is 13. The molecule has 2 aliphatic rings. The van der Waals surface area contributed by atoms with E-state index in [2.05, 4.69) is 78.4 Å². The van der Waals surface area contributed by atoms with Crippen molar-refractivity contribution in [1.29, 1.82) is 0 Å². The van der Waals surface area contributed by atoms with Crippen molar-refractivity contribution in [1.82, 2.24) is 35.1 Å². The zero-order chi connectivity index (χ0) is 50.8. The van der Waals surface area contributed by atoms with Crippen LogP contribution in [0.5, 0.6) is 0 Å². The SMILES string of the molecule is CCN(CC)c1ccc2c(-c3ccc(NC(=O)NCCCC(=O)CC[C@H](NC(=O)c4ccc(NCc5cnc6nc(N)[nH]c(=O)c6n5)cc4)C(=O)O)cc3C(=O)O)c3ccc(=[N+](CC)CC)cc-3oc2c1. The van der Waals surface area contributed by atoms with Gasteiger partial charge in [-0.15, -0.1) is 0 Å². The summed E-state index contributed by atoms with van der Waals surface area (Å²) in [7, 11) is 0. The quantitative estimate of drug-likeness (QED) is 0.0236. The number of aliphatic carboxylic acids is 1. The highest BCUT2D eigenvalue weighted by Crippen LogP contribution is 2.42. The van der Waals surface area contributed by atoms with Gasteiger partial charge in [-0.3, -0.25) is 19.4 Å². The van der Waals surface area contributed by atoms with E-state index in [1.54, 1.807) is 24.3 Å². The minimum absolute atomic E-state index is 0.0273. The summed E-state index contributed by atoms with van der Waals surface area (Å²) in [4.78, 5) is 92.8. The molecule has 0 radical (unpaired) electrons. The van der Waals surface area contributed by atoms with Crippen LogP contribution < -0.4 is 47.4 Å². The highest BCUT2D eigenvalue weighted by molar-refractivity contribution is 6.09. The number of fused-ring (bicyclic) bond motifs is 3. The molecule has 9 N–H and O–H groups in total. The van der Waals surface area contributed by atoms with E-state index in [1.807, 2.05) is 36.4 Å². The Balaban J connectivity index is 0.924. The molecule has 368 valence electrons. The van der Waals surface area contributed by atoms with Gasteiger partial charge >= 0.3 is 18.0 Å². The fourth-order valence-electron chi connectivity index (χ4n) is 8.33. The van der Waals surface area contributed by atoms with Crippen LogP contribution in [0.1, 0.15) is 79.8 Å². The van der Waals surface area contributed by atoms with Crippen molar-refractivity contribution in [3.63, 3.8) is 0 Å². The Morgan fingerprint density at radius 1 is 0.859 bits per heavy atom. The Morgan fingerprint density at radius 2 is 1.59 bits per heavy atom. The van der Waals surface area contributed by atoms with Gasteiger partial charge in [-0.1, -0.05) is 6.07 Å². The normalized spacial score (nSPS) is 11.5. The Kier molecular flexibility index (Phi) is 16.0. The lowest BCUT2D eigenvalue weighted by molar-refractivity contribution is -0.139. The van der Waals surface area contributed by atoms with Crippen LogP contribution in [-0.4, -0.2) is 98.6 Å². The van der Waals surface area contributed by atoms with Crippen molar-refractivity contribution in [3.05, 3.63) is 118 Å².